The van der Waals surface area contributed by atoms with Gasteiger partial charge in [0.1, 0.15) is 0 Å². The molecule has 3 aromatic rings. The van der Waals surface area contributed by atoms with Crippen LogP contribution in [0.3, 0.4) is 0 Å². The summed E-state index contributed by atoms with van der Waals surface area (Å²) < 4.78 is 0. The van der Waals surface area contributed by atoms with Gasteiger partial charge in [0.25, 0.3) is 11.8 Å². The van der Waals surface area contributed by atoms with Crippen LogP contribution in [0.25, 0.3) is 0 Å². The van der Waals surface area contributed by atoms with E-state index in [0.717, 1.165) is 5.56 Å². The van der Waals surface area contributed by atoms with Crippen molar-refractivity contribution in [1.29, 1.82) is 0 Å². The third-order valence-corrected chi connectivity index (χ3v) is 4.23. The van der Waals surface area contributed by atoms with E-state index in [1.807, 2.05) is 78.9 Å². The number of hydrogen-bond acceptors (Lipinski definition) is 2. The monoisotopic (exact) mass is 358 g/mol. The molecule has 0 fully saturated rings. The Hall–Kier alpha value is -3.40. The fraction of sp³-hybridized carbons (Fsp3) is 0.130. The van der Waals surface area contributed by atoms with E-state index in [1.54, 1.807) is 17.0 Å². The lowest BCUT2D eigenvalue weighted by atomic mass is 10.1. The zero-order valence-electron chi connectivity index (χ0n) is 15.0. The maximum Gasteiger partial charge on any atom is 0.254 e. The lowest BCUT2D eigenvalue weighted by Gasteiger charge is -2.23. The first-order valence-corrected chi connectivity index (χ1v) is 8.95. The van der Waals surface area contributed by atoms with Crippen LogP contribution < -0.4 is 5.32 Å². The van der Waals surface area contributed by atoms with Gasteiger partial charge in [-0.25, -0.2) is 0 Å². The van der Waals surface area contributed by atoms with E-state index in [4.69, 9.17) is 0 Å². The van der Waals surface area contributed by atoms with Gasteiger partial charge in [0.2, 0.25) is 0 Å². The lowest BCUT2D eigenvalue weighted by Crippen LogP contribution is -2.38. The van der Waals surface area contributed by atoms with Crippen LogP contribution in [0.4, 0.5) is 0 Å². The normalized spacial score (nSPS) is 10.2. The Morgan fingerprint density at radius 2 is 1.22 bits per heavy atom. The van der Waals surface area contributed by atoms with Crippen LogP contribution in [0.2, 0.25) is 0 Å². The van der Waals surface area contributed by atoms with E-state index in [1.165, 1.54) is 0 Å². The van der Waals surface area contributed by atoms with Crippen molar-refractivity contribution in [2.24, 2.45) is 0 Å². The van der Waals surface area contributed by atoms with Gasteiger partial charge in [0.05, 0.1) is 0 Å². The topological polar surface area (TPSA) is 49.4 Å². The Labute approximate surface area is 159 Å². The Balaban J connectivity index is 1.66. The summed E-state index contributed by atoms with van der Waals surface area (Å²) in [7, 11) is 0. The Morgan fingerprint density at radius 3 is 1.81 bits per heavy atom. The second kappa shape index (κ2) is 9.34. The zero-order valence-corrected chi connectivity index (χ0v) is 15.0. The SMILES string of the molecule is O=C(NCCN(Cc1ccccc1)C(=O)c1ccccc1)c1ccccc1. The van der Waals surface area contributed by atoms with Crippen molar-refractivity contribution < 1.29 is 9.59 Å². The van der Waals surface area contributed by atoms with Gasteiger partial charge < -0.3 is 10.2 Å². The smallest absolute Gasteiger partial charge is 0.254 e. The number of hydrogen-bond donors (Lipinski definition) is 1. The summed E-state index contributed by atoms with van der Waals surface area (Å²) >= 11 is 0. The van der Waals surface area contributed by atoms with Gasteiger partial charge >= 0.3 is 0 Å². The maximum absolute atomic E-state index is 12.9. The van der Waals surface area contributed by atoms with E-state index in [2.05, 4.69) is 5.32 Å². The van der Waals surface area contributed by atoms with Gasteiger partial charge in [-0.2, -0.15) is 0 Å². The van der Waals surface area contributed by atoms with Gasteiger partial charge in [-0.1, -0.05) is 66.7 Å². The highest BCUT2D eigenvalue weighted by Gasteiger charge is 2.16. The molecule has 0 aliphatic heterocycles. The minimum atomic E-state index is -0.137. The predicted molar refractivity (Wildman–Crippen MR) is 106 cm³/mol. The molecule has 2 amide bonds. The second-order valence-corrected chi connectivity index (χ2v) is 6.20. The first-order chi connectivity index (χ1) is 13.2. The molecule has 4 heteroatoms. The average molecular weight is 358 g/mol. The van der Waals surface area contributed by atoms with Gasteiger partial charge in [-0.3, -0.25) is 9.59 Å². The van der Waals surface area contributed by atoms with E-state index in [0.29, 0.717) is 30.8 Å². The molecule has 0 unspecified atom stereocenters. The highest BCUT2D eigenvalue weighted by Crippen LogP contribution is 2.10. The van der Waals surface area contributed by atoms with Crippen molar-refractivity contribution in [3.63, 3.8) is 0 Å². The number of nitrogens with one attached hydrogen (secondary N) is 1. The molecule has 3 rings (SSSR count). The maximum atomic E-state index is 12.9. The number of nitrogens with zero attached hydrogens (tertiary/aromatic N) is 1. The molecule has 0 radical (unpaired) electrons. The number of benzene rings is 3. The standard InChI is InChI=1S/C23H22N2O2/c26-22(20-12-6-2-7-13-20)24-16-17-25(18-19-10-4-1-5-11-19)23(27)21-14-8-3-9-15-21/h1-15H,16-18H2,(H,24,26). The average Bonchev–Trinajstić information content (AvgIpc) is 2.74. The van der Waals surface area contributed by atoms with Crippen LogP contribution in [0, 0.1) is 0 Å². The van der Waals surface area contributed by atoms with Gasteiger partial charge in [-0.15, -0.1) is 0 Å². The number of amides is 2. The van der Waals surface area contributed by atoms with Crippen LogP contribution in [-0.4, -0.2) is 29.8 Å². The van der Waals surface area contributed by atoms with Crippen LogP contribution in [0.5, 0.6) is 0 Å². The lowest BCUT2D eigenvalue weighted by molar-refractivity contribution is 0.0736. The van der Waals surface area contributed by atoms with Crippen molar-refractivity contribution in [2.75, 3.05) is 13.1 Å². The Bertz CT molecular complexity index is 865. The first-order valence-electron chi connectivity index (χ1n) is 8.95. The zero-order chi connectivity index (χ0) is 18.9. The molecule has 0 heterocycles. The van der Waals surface area contributed by atoms with Crippen LogP contribution in [-0.2, 0) is 6.54 Å². The third kappa shape index (κ3) is 5.28. The van der Waals surface area contributed by atoms with Crippen molar-refractivity contribution in [3.8, 4) is 0 Å². The first kappa shape index (κ1) is 18.4. The molecule has 3 aromatic carbocycles. The molecule has 4 nitrogen and oxygen atoms in total. The van der Waals surface area contributed by atoms with Crippen LogP contribution in [0.15, 0.2) is 91.0 Å². The molecule has 0 bridgehead atoms. The van der Waals surface area contributed by atoms with Crippen molar-refractivity contribution in [2.45, 2.75) is 6.54 Å². The largest absolute Gasteiger partial charge is 0.350 e. The number of carbonyl (C=O) groups excluding carboxylic acids is 2. The number of carbonyl (C=O) groups is 2. The minimum Gasteiger partial charge on any atom is -0.350 e. The van der Waals surface area contributed by atoms with E-state index < -0.39 is 0 Å². The Kier molecular flexibility index (Phi) is 6.36. The minimum absolute atomic E-state index is 0.0478. The molecule has 136 valence electrons. The molecule has 0 aliphatic rings. The van der Waals surface area contributed by atoms with Crippen molar-refractivity contribution in [1.82, 2.24) is 10.2 Å². The summed E-state index contributed by atoms with van der Waals surface area (Å²) in [6.45, 7) is 1.32. The second-order valence-electron chi connectivity index (χ2n) is 6.20. The summed E-state index contributed by atoms with van der Waals surface area (Å²) in [5.74, 6) is -0.184. The number of rotatable bonds is 7. The molecule has 0 aromatic heterocycles. The molecule has 0 spiro atoms. The van der Waals surface area contributed by atoms with Gasteiger partial charge in [0, 0.05) is 30.8 Å². The van der Waals surface area contributed by atoms with Crippen LogP contribution >= 0.6 is 0 Å². The summed E-state index contributed by atoms with van der Waals surface area (Å²) in [4.78, 5) is 26.9. The molecule has 0 saturated carbocycles. The van der Waals surface area contributed by atoms with Crippen LogP contribution in [0.1, 0.15) is 26.3 Å². The molecule has 0 aliphatic carbocycles. The van der Waals surface area contributed by atoms with Gasteiger partial charge in [0.15, 0.2) is 0 Å². The predicted octanol–water partition coefficient (Wildman–Crippen LogP) is 3.76. The van der Waals surface area contributed by atoms with E-state index >= 15 is 0 Å². The fourth-order valence-electron chi connectivity index (χ4n) is 2.82. The Morgan fingerprint density at radius 1 is 0.704 bits per heavy atom. The highest BCUT2D eigenvalue weighted by atomic mass is 16.2. The molecule has 0 atom stereocenters. The van der Waals surface area contributed by atoms with E-state index in [9.17, 15) is 9.59 Å². The van der Waals surface area contributed by atoms with Gasteiger partial charge in [-0.05, 0) is 29.8 Å². The fourth-order valence-corrected chi connectivity index (χ4v) is 2.82. The van der Waals surface area contributed by atoms with E-state index in [-0.39, 0.29) is 11.8 Å². The molecule has 1 N–H and O–H groups in total. The highest BCUT2D eigenvalue weighted by molar-refractivity contribution is 5.95. The quantitative estimate of drug-likeness (QED) is 0.699. The summed E-state index contributed by atoms with van der Waals surface area (Å²) in [5, 5.41) is 2.89. The summed E-state index contributed by atoms with van der Waals surface area (Å²) in [6, 6.07) is 28.1. The molecule has 27 heavy (non-hydrogen) atoms. The third-order valence-electron chi connectivity index (χ3n) is 4.23. The van der Waals surface area contributed by atoms with Crippen molar-refractivity contribution in [3.05, 3.63) is 108 Å². The summed E-state index contributed by atoms with van der Waals surface area (Å²) in [6.07, 6.45) is 0. The van der Waals surface area contributed by atoms with Crippen molar-refractivity contribution >= 4 is 11.8 Å². The molecular formula is C23H22N2O2. The summed E-state index contributed by atoms with van der Waals surface area (Å²) in [5.41, 5.74) is 2.31. The molecular weight excluding hydrogens is 336 g/mol. The molecule has 0 saturated heterocycles.